The topological polar surface area (TPSA) is 12.5 Å². The molecule has 0 bridgehead atoms. The lowest BCUT2D eigenvalue weighted by molar-refractivity contribution is -0.0645. The summed E-state index contributed by atoms with van der Waals surface area (Å²) in [4.78, 5) is 2.44. The highest BCUT2D eigenvalue weighted by molar-refractivity contribution is 5.48. The third-order valence-electron chi connectivity index (χ3n) is 2.97. The largest absolute Gasteiger partial charge is 0.373 e. The molecule has 17 heavy (non-hydrogen) atoms. The smallest absolute Gasteiger partial charge is 0.0678 e. The molecular formula is C15H21NO. The zero-order valence-corrected chi connectivity index (χ0v) is 10.7. The van der Waals surface area contributed by atoms with E-state index >= 15 is 0 Å². The summed E-state index contributed by atoms with van der Waals surface area (Å²) < 4.78 is 5.72. The van der Waals surface area contributed by atoms with E-state index in [1.165, 1.54) is 5.56 Å². The minimum atomic E-state index is 0.351. The van der Waals surface area contributed by atoms with Gasteiger partial charge in [0.1, 0.15) is 0 Å². The van der Waals surface area contributed by atoms with E-state index in [1.807, 2.05) is 6.07 Å². The molecule has 92 valence electrons. The summed E-state index contributed by atoms with van der Waals surface area (Å²) in [5.74, 6) is 0. The van der Waals surface area contributed by atoms with Crippen LogP contribution in [0.1, 0.15) is 19.4 Å². The first-order valence-corrected chi connectivity index (χ1v) is 6.33. The van der Waals surface area contributed by atoms with Gasteiger partial charge >= 0.3 is 0 Å². The fraction of sp³-hybridized carbons (Fsp3) is 0.467. The highest BCUT2D eigenvalue weighted by Crippen LogP contribution is 2.10. The molecule has 0 saturated carbocycles. The molecule has 1 aromatic rings. The summed E-state index contributed by atoms with van der Waals surface area (Å²) in [5.41, 5.74) is 1.27. The molecule has 1 heterocycles. The number of nitrogens with zero attached hydrogens (tertiary/aromatic N) is 1. The third-order valence-corrected chi connectivity index (χ3v) is 2.97. The van der Waals surface area contributed by atoms with E-state index < -0.39 is 0 Å². The predicted octanol–water partition coefficient (Wildman–Crippen LogP) is 2.81. The van der Waals surface area contributed by atoms with Crippen LogP contribution >= 0.6 is 0 Å². The molecule has 0 spiro atoms. The molecule has 2 atom stereocenters. The number of hydrogen-bond donors (Lipinski definition) is 0. The van der Waals surface area contributed by atoms with Crippen LogP contribution in [0.4, 0.5) is 0 Å². The minimum absolute atomic E-state index is 0.351. The number of ether oxygens (including phenoxy) is 1. The van der Waals surface area contributed by atoms with Crippen LogP contribution in [0, 0.1) is 0 Å². The highest BCUT2D eigenvalue weighted by atomic mass is 16.5. The van der Waals surface area contributed by atoms with Crippen LogP contribution in [-0.2, 0) is 4.74 Å². The molecule has 1 aliphatic heterocycles. The Kier molecular flexibility index (Phi) is 4.35. The maximum Gasteiger partial charge on any atom is 0.0678 e. The molecule has 2 rings (SSSR count). The predicted molar refractivity (Wildman–Crippen MR) is 71.9 cm³/mol. The second kappa shape index (κ2) is 5.99. The van der Waals surface area contributed by atoms with Crippen LogP contribution in [-0.4, -0.2) is 36.7 Å². The fourth-order valence-corrected chi connectivity index (χ4v) is 2.34. The van der Waals surface area contributed by atoms with Gasteiger partial charge in [0.05, 0.1) is 12.2 Å². The molecule has 1 fully saturated rings. The summed E-state index contributed by atoms with van der Waals surface area (Å²) in [7, 11) is 0. The van der Waals surface area contributed by atoms with E-state index in [-0.39, 0.29) is 0 Å². The first-order valence-electron chi connectivity index (χ1n) is 6.33. The number of rotatable bonds is 3. The zero-order chi connectivity index (χ0) is 12.1. The van der Waals surface area contributed by atoms with Crippen LogP contribution in [0.2, 0.25) is 0 Å². The molecule has 0 N–H and O–H groups in total. The van der Waals surface area contributed by atoms with Gasteiger partial charge in [0.15, 0.2) is 0 Å². The second-order valence-electron chi connectivity index (χ2n) is 4.79. The minimum Gasteiger partial charge on any atom is -0.373 e. The molecule has 1 aliphatic rings. The summed E-state index contributed by atoms with van der Waals surface area (Å²) in [6.45, 7) is 7.35. The van der Waals surface area contributed by atoms with E-state index in [0.29, 0.717) is 12.2 Å². The van der Waals surface area contributed by atoms with Gasteiger partial charge in [0, 0.05) is 19.6 Å². The van der Waals surface area contributed by atoms with Crippen molar-refractivity contribution in [2.45, 2.75) is 26.1 Å². The van der Waals surface area contributed by atoms with Gasteiger partial charge in [0.2, 0.25) is 0 Å². The van der Waals surface area contributed by atoms with Gasteiger partial charge in [-0.25, -0.2) is 0 Å². The maximum absolute atomic E-state index is 5.72. The first-order chi connectivity index (χ1) is 8.24. The van der Waals surface area contributed by atoms with E-state index in [4.69, 9.17) is 4.74 Å². The number of benzene rings is 1. The van der Waals surface area contributed by atoms with Crippen molar-refractivity contribution in [2.75, 3.05) is 19.6 Å². The lowest BCUT2D eigenvalue weighted by atomic mass is 10.2. The fourth-order valence-electron chi connectivity index (χ4n) is 2.34. The highest BCUT2D eigenvalue weighted by Gasteiger charge is 2.20. The summed E-state index contributed by atoms with van der Waals surface area (Å²) >= 11 is 0. The van der Waals surface area contributed by atoms with Gasteiger partial charge in [-0.3, -0.25) is 4.90 Å². The molecule has 0 aromatic heterocycles. The Morgan fingerprint density at radius 2 is 1.82 bits per heavy atom. The van der Waals surface area contributed by atoms with Crippen molar-refractivity contribution in [3.8, 4) is 0 Å². The molecule has 2 nitrogen and oxygen atoms in total. The molecule has 0 aliphatic carbocycles. The van der Waals surface area contributed by atoms with Gasteiger partial charge in [-0.15, -0.1) is 0 Å². The normalized spacial score (nSPS) is 26.5. The van der Waals surface area contributed by atoms with Crippen LogP contribution in [0.5, 0.6) is 0 Å². The molecule has 1 aromatic carbocycles. The standard InChI is InChI=1S/C15H21NO/c1-13-11-16(12-14(2)17-13)10-6-9-15-7-4-3-5-8-15/h3-9,13-14H,10-12H2,1-2H3. The Bertz CT molecular complexity index is 350. The Morgan fingerprint density at radius 1 is 1.18 bits per heavy atom. The quantitative estimate of drug-likeness (QED) is 0.793. The van der Waals surface area contributed by atoms with Gasteiger partial charge in [-0.2, -0.15) is 0 Å². The van der Waals surface area contributed by atoms with Crippen molar-refractivity contribution in [3.05, 3.63) is 42.0 Å². The van der Waals surface area contributed by atoms with E-state index in [1.54, 1.807) is 0 Å². The Hall–Kier alpha value is -1.12. The van der Waals surface area contributed by atoms with Crippen molar-refractivity contribution >= 4 is 6.08 Å². The SMILES string of the molecule is CC1CN(CC=Cc2ccccc2)CC(C)O1. The Morgan fingerprint density at radius 3 is 2.47 bits per heavy atom. The van der Waals surface area contributed by atoms with Crippen molar-refractivity contribution in [3.63, 3.8) is 0 Å². The van der Waals surface area contributed by atoms with E-state index in [0.717, 1.165) is 19.6 Å². The van der Waals surface area contributed by atoms with Crippen molar-refractivity contribution in [1.29, 1.82) is 0 Å². The number of hydrogen-bond acceptors (Lipinski definition) is 2. The summed E-state index contributed by atoms with van der Waals surface area (Å²) in [6, 6.07) is 10.4. The zero-order valence-electron chi connectivity index (χ0n) is 10.7. The maximum atomic E-state index is 5.72. The molecule has 1 saturated heterocycles. The summed E-state index contributed by atoms with van der Waals surface area (Å²) in [6.07, 6.45) is 5.12. The monoisotopic (exact) mass is 231 g/mol. The van der Waals surface area contributed by atoms with Gasteiger partial charge in [-0.1, -0.05) is 42.5 Å². The van der Waals surface area contributed by atoms with Crippen LogP contribution < -0.4 is 0 Å². The number of morpholine rings is 1. The van der Waals surface area contributed by atoms with Gasteiger partial charge < -0.3 is 4.74 Å². The van der Waals surface area contributed by atoms with Crippen molar-refractivity contribution in [1.82, 2.24) is 4.90 Å². The molecular weight excluding hydrogens is 210 g/mol. The molecule has 2 heteroatoms. The average Bonchev–Trinajstić information content (AvgIpc) is 2.29. The van der Waals surface area contributed by atoms with Gasteiger partial charge in [0.25, 0.3) is 0 Å². The Balaban J connectivity index is 1.83. The van der Waals surface area contributed by atoms with Crippen LogP contribution in [0.3, 0.4) is 0 Å². The first kappa shape index (κ1) is 12.3. The Labute approximate surface area is 104 Å². The lowest BCUT2D eigenvalue weighted by Gasteiger charge is -2.34. The van der Waals surface area contributed by atoms with Crippen LogP contribution in [0.25, 0.3) is 6.08 Å². The molecule has 0 radical (unpaired) electrons. The molecule has 0 amide bonds. The van der Waals surface area contributed by atoms with Crippen LogP contribution in [0.15, 0.2) is 36.4 Å². The van der Waals surface area contributed by atoms with E-state index in [9.17, 15) is 0 Å². The van der Waals surface area contributed by atoms with Gasteiger partial charge in [-0.05, 0) is 19.4 Å². The van der Waals surface area contributed by atoms with Crippen molar-refractivity contribution in [2.24, 2.45) is 0 Å². The van der Waals surface area contributed by atoms with E-state index in [2.05, 4.69) is 55.2 Å². The second-order valence-corrected chi connectivity index (χ2v) is 4.79. The average molecular weight is 231 g/mol. The third kappa shape index (κ3) is 3.99. The van der Waals surface area contributed by atoms with Crippen molar-refractivity contribution < 1.29 is 4.74 Å². The lowest BCUT2D eigenvalue weighted by Crippen LogP contribution is -2.45. The molecule has 2 unspecified atom stereocenters. The summed E-state index contributed by atoms with van der Waals surface area (Å²) in [5, 5.41) is 0.